The number of hydroxylamine groups is 2. The van der Waals surface area contributed by atoms with Gasteiger partial charge >= 0.3 is 0 Å². The molecular formula is C24H31NO5S. The summed E-state index contributed by atoms with van der Waals surface area (Å²) in [5, 5.41) is 34.6. The summed E-state index contributed by atoms with van der Waals surface area (Å²) in [7, 11) is 0. The van der Waals surface area contributed by atoms with Gasteiger partial charge in [0.25, 0.3) is 0 Å². The zero-order chi connectivity index (χ0) is 22.3. The summed E-state index contributed by atoms with van der Waals surface area (Å²) in [6.45, 7) is 8.67. The molecule has 2 aromatic rings. The third-order valence-corrected chi connectivity index (χ3v) is 7.44. The fourth-order valence-corrected chi connectivity index (χ4v) is 5.38. The average molecular weight is 446 g/mol. The van der Waals surface area contributed by atoms with E-state index in [1.54, 1.807) is 0 Å². The summed E-state index contributed by atoms with van der Waals surface area (Å²) in [5.74, 6) is 0. The van der Waals surface area contributed by atoms with Crippen molar-refractivity contribution < 1.29 is 24.7 Å². The third kappa shape index (κ3) is 4.54. The van der Waals surface area contributed by atoms with Crippen LogP contribution in [0.4, 0.5) is 0 Å². The minimum atomic E-state index is -1.20. The molecule has 5 unspecified atom stereocenters. The van der Waals surface area contributed by atoms with Crippen LogP contribution in [0.1, 0.15) is 43.7 Å². The van der Waals surface area contributed by atoms with Gasteiger partial charge in [0.2, 0.25) is 6.23 Å². The molecule has 0 spiro atoms. The number of rotatable bonds is 3. The Morgan fingerprint density at radius 3 is 2.45 bits per heavy atom. The van der Waals surface area contributed by atoms with Crippen LogP contribution in [0.2, 0.25) is 0 Å². The van der Waals surface area contributed by atoms with Crippen LogP contribution < -0.4 is 5.06 Å². The van der Waals surface area contributed by atoms with E-state index in [1.807, 2.05) is 37.3 Å². The van der Waals surface area contributed by atoms with Crippen molar-refractivity contribution in [1.29, 1.82) is 0 Å². The van der Waals surface area contributed by atoms with Crippen molar-refractivity contribution in [1.82, 2.24) is 0 Å². The first-order valence-corrected chi connectivity index (χ1v) is 11.5. The Kier molecular flexibility index (Phi) is 6.47. The lowest BCUT2D eigenvalue weighted by atomic mass is 9.87. The predicted octanol–water partition coefficient (Wildman–Crippen LogP) is 2.31. The molecule has 2 aromatic carbocycles. The number of ether oxygens (including phenoxy) is 2. The van der Waals surface area contributed by atoms with Crippen LogP contribution in [0.25, 0.3) is 0 Å². The molecule has 0 amide bonds. The smallest absolute Gasteiger partial charge is 0.218 e. The molecule has 4 rings (SSSR count). The maximum absolute atomic E-state index is 13.1. The first kappa shape index (κ1) is 22.7. The molecular weight excluding hydrogens is 414 g/mol. The van der Waals surface area contributed by atoms with Crippen LogP contribution in [0.3, 0.4) is 0 Å². The Balaban J connectivity index is 1.53. The Bertz CT molecular complexity index is 901. The van der Waals surface area contributed by atoms with Gasteiger partial charge in [0.15, 0.2) is 0 Å². The zero-order valence-corrected chi connectivity index (χ0v) is 19.1. The molecule has 0 radical (unpaired) electrons. The molecule has 0 aliphatic carbocycles. The Labute approximate surface area is 187 Å². The Hall–Kier alpha value is -1.45. The van der Waals surface area contributed by atoms with Gasteiger partial charge in [-0.15, -0.1) is 0 Å². The van der Waals surface area contributed by atoms with Gasteiger partial charge in [-0.2, -0.15) is 0 Å². The third-order valence-electron chi connectivity index (χ3n) is 6.12. The highest BCUT2D eigenvalue weighted by molar-refractivity contribution is 7.99. The van der Waals surface area contributed by atoms with Gasteiger partial charge in [-0.05, 0) is 29.5 Å². The number of aliphatic hydroxyl groups excluding tert-OH is 2. The van der Waals surface area contributed by atoms with Crippen LogP contribution in [0, 0.1) is 12.1 Å². The molecule has 2 aliphatic heterocycles. The SMILES string of the molecule is Cc1ccc(C(C)(C)C)cc1S[C@@H]1OC2COC(c3ccccc3)[NH+]([O-])[C@H]2C(O)C1O. The van der Waals surface area contributed by atoms with Gasteiger partial charge in [-0.3, -0.25) is 0 Å². The average Bonchev–Trinajstić information content (AvgIpc) is 2.73. The molecule has 0 bridgehead atoms. The van der Waals surface area contributed by atoms with Crippen molar-refractivity contribution in [2.45, 2.75) is 74.0 Å². The lowest BCUT2D eigenvalue weighted by Gasteiger charge is -2.51. The highest BCUT2D eigenvalue weighted by Gasteiger charge is 2.52. The van der Waals surface area contributed by atoms with Crippen LogP contribution >= 0.6 is 11.8 Å². The van der Waals surface area contributed by atoms with Crippen LogP contribution in [-0.2, 0) is 14.9 Å². The molecule has 2 fully saturated rings. The van der Waals surface area contributed by atoms with Gasteiger partial charge in [-0.25, -0.2) is 0 Å². The number of aliphatic hydroxyl groups is 2. The van der Waals surface area contributed by atoms with E-state index in [4.69, 9.17) is 9.47 Å². The van der Waals surface area contributed by atoms with Crippen molar-refractivity contribution in [3.8, 4) is 0 Å². The Morgan fingerprint density at radius 2 is 1.77 bits per heavy atom. The van der Waals surface area contributed by atoms with E-state index in [-0.39, 0.29) is 17.1 Å². The van der Waals surface area contributed by atoms with Crippen molar-refractivity contribution in [2.24, 2.45) is 0 Å². The molecule has 168 valence electrons. The molecule has 2 heterocycles. The quantitative estimate of drug-likeness (QED) is 0.629. The van der Waals surface area contributed by atoms with Crippen molar-refractivity contribution in [3.63, 3.8) is 0 Å². The van der Waals surface area contributed by atoms with Gasteiger partial charge < -0.3 is 30.0 Å². The van der Waals surface area contributed by atoms with E-state index in [0.29, 0.717) is 0 Å². The number of fused-ring (bicyclic) bond motifs is 1. The standard InChI is InChI=1S/C24H31NO5S/c1-14-10-11-16(24(2,3)4)12-18(14)31-23-21(27)20(26)19-17(30-23)13-29-22(25(19)28)15-8-6-5-7-9-15/h5-12,17,19-23,25-27H,13H2,1-4H3/t17?,19-,20?,21?,22?,23+/m1/s1. The number of quaternary nitrogens is 1. The summed E-state index contributed by atoms with van der Waals surface area (Å²) in [6.07, 6.45) is -3.72. The van der Waals surface area contributed by atoms with Gasteiger partial charge in [0.05, 0.1) is 6.61 Å². The first-order valence-electron chi connectivity index (χ1n) is 10.7. The molecule has 6 nitrogen and oxygen atoms in total. The summed E-state index contributed by atoms with van der Waals surface area (Å²) in [4.78, 5) is 0.993. The number of thioether (sulfide) groups is 1. The van der Waals surface area contributed by atoms with Crippen LogP contribution in [0.5, 0.6) is 0 Å². The predicted molar refractivity (Wildman–Crippen MR) is 120 cm³/mol. The van der Waals surface area contributed by atoms with E-state index >= 15 is 0 Å². The number of benzene rings is 2. The van der Waals surface area contributed by atoms with E-state index < -0.39 is 36.0 Å². The summed E-state index contributed by atoms with van der Waals surface area (Å²) < 4.78 is 12.0. The van der Waals surface area contributed by atoms with Crippen molar-refractivity contribution in [2.75, 3.05) is 6.61 Å². The van der Waals surface area contributed by atoms with Crippen molar-refractivity contribution in [3.05, 3.63) is 70.4 Å². The van der Waals surface area contributed by atoms with E-state index in [0.717, 1.165) is 16.0 Å². The highest BCUT2D eigenvalue weighted by atomic mass is 32.2. The lowest BCUT2D eigenvalue weighted by molar-refractivity contribution is -0.952. The fraction of sp³-hybridized carbons (Fsp3) is 0.500. The minimum absolute atomic E-state index is 0.00423. The van der Waals surface area contributed by atoms with Crippen molar-refractivity contribution >= 4 is 11.8 Å². The largest absolute Gasteiger partial charge is 0.632 e. The van der Waals surface area contributed by atoms with Crippen LogP contribution in [0.15, 0.2) is 53.4 Å². The Morgan fingerprint density at radius 1 is 1.06 bits per heavy atom. The second-order valence-corrected chi connectivity index (χ2v) is 10.6. The number of nitrogens with one attached hydrogen (secondary N) is 1. The topological polar surface area (TPSA) is 86.4 Å². The summed E-state index contributed by atoms with van der Waals surface area (Å²) in [5.41, 5.74) is 2.32. The molecule has 7 heteroatoms. The van der Waals surface area contributed by atoms with Crippen LogP contribution in [-0.4, -0.2) is 46.6 Å². The van der Waals surface area contributed by atoms with Gasteiger partial charge in [-0.1, -0.05) is 75.0 Å². The number of hydrogen-bond acceptors (Lipinski definition) is 6. The monoisotopic (exact) mass is 445 g/mol. The molecule has 0 saturated carbocycles. The maximum atomic E-state index is 13.1. The number of aryl methyl sites for hydroxylation is 1. The van der Waals surface area contributed by atoms with Gasteiger partial charge in [0, 0.05) is 10.5 Å². The highest BCUT2D eigenvalue weighted by Crippen LogP contribution is 2.37. The molecule has 31 heavy (non-hydrogen) atoms. The minimum Gasteiger partial charge on any atom is -0.632 e. The molecule has 2 saturated heterocycles. The summed E-state index contributed by atoms with van der Waals surface area (Å²) in [6, 6.07) is 14.7. The number of hydrogen-bond donors (Lipinski definition) is 3. The summed E-state index contributed by atoms with van der Waals surface area (Å²) >= 11 is 1.39. The molecule has 0 aromatic heterocycles. The van der Waals surface area contributed by atoms with E-state index in [2.05, 4.69) is 39.0 Å². The van der Waals surface area contributed by atoms with E-state index in [1.165, 1.54) is 17.3 Å². The molecule has 3 N–H and O–H groups in total. The zero-order valence-electron chi connectivity index (χ0n) is 18.3. The maximum Gasteiger partial charge on any atom is 0.218 e. The normalized spacial score (nSPS) is 33.7. The second-order valence-electron chi connectivity index (χ2n) is 9.42. The second kappa shape index (κ2) is 8.83. The van der Waals surface area contributed by atoms with Gasteiger partial charge in [0.1, 0.15) is 29.8 Å². The molecule has 7 atom stereocenters. The first-order chi connectivity index (χ1) is 14.7. The molecule has 2 aliphatic rings. The fourth-order valence-electron chi connectivity index (χ4n) is 4.18. The lowest BCUT2D eigenvalue weighted by Crippen LogP contribution is -3.17. The van der Waals surface area contributed by atoms with E-state index in [9.17, 15) is 15.4 Å².